The van der Waals surface area contributed by atoms with Crippen molar-refractivity contribution in [2.24, 2.45) is 0 Å². The number of nitrogens with two attached hydrogens (primary N) is 1. The highest BCUT2D eigenvalue weighted by molar-refractivity contribution is 5.60. The SMILES string of the molecule is CCCCCCCCNc1ncccc1N. The van der Waals surface area contributed by atoms with Crippen molar-refractivity contribution in [1.82, 2.24) is 4.98 Å². The van der Waals surface area contributed by atoms with Crippen LogP contribution in [0.1, 0.15) is 45.4 Å². The van der Waals surface area contributed by atoms with Crippen molar-refractivity contribution in [2.75, 3.05) is 17.6 Å². The quantitative estimate of drug-likeness (QED) is 0.661. The summed E-state index contributed by atoms with van der Waals surface area (Å²) in [6.45, 7) is 3.21. The first-order chi connectivity index (χ1) is 7.84. The van der Waals surface area contributed by atoms with Gasteiger partial charge in [0.1, 0.15) is 5.82 Å². The summed E-state index contributed by atoms with van der Waals surface area (Å²) in [7, 11) is 0. The van der Waals surface area contributed by atoms with E-state index in [1.807, 2.05) is 12.1 Å². The van der Waals surface area contributed by atoms with E-state index in [2.05, 4.69) is 17.2 Å². The average Bonchev–Trinajstić information content (AvgIpc) is 2.30. The van der Waals surface area contributed by atoms with E-state index in [0.29, 0.717) is 0 Å². The number of anilines is 2. The molecular weight excluding hydrogens is 198 g/mol. The Balaban J connectivity index is 2.05. The Bertz CT molecular complexity index is 286. The van der Waals surface area contributed by atoms with Crippen molar-refractivity contribution >= 4 is 11.5 Å². The van der Waals surface area contributed by atoms with Crippen molar-refractivity contribution in [1.29, 1.82) is 0 Å². The van der Waals surface area contributed by atoms with E-state index in [4.69, 9.17) is 5.73 Å². The monoisotopic (exact) mass is 221 g/mol. The summed E-state index contributed by atoms with van der Waals surface area (Å²) in [6, 6.07) is 3.72. The lowest BCUT2D eigenvalue weighted by atomic mass is 10.1. The Morgan fingerprint density at radius 2 is 1.94 bits per heavy atom. The fourth-order valence-electron chi connectivity index (χ4n) is 1.68. The summed E-state index contributed by atoms with van der Waals surface area (Å²) < 4.78 is 0. The van der Waals surface area contributed by atoms with Crippen LogP contribution in [0.2, 0.25) is 0 Å². The Kier molecular flexibility index (Phi) is 6.38. The standard InChI is InChI=1S/C13H23N3/c1-2-3-4-5-6-7-10-15-13-12(14)9-8-11-16-13/h8-9,11H,2-7,10,14H2,1H3,(H,15,16). The molecule has 0 aliphatic rings. The van der Waals surface area contributed by atoms with Gasteiger partial charge in [0, 0.05) is 12.7 Å². The van der Waals surface area contributed by atoms with Crippen LogP contribution in [0, 0.1) is 0 Å². The highest BCUT2D eigenvalue weighted by atomic mass is 15.0. The minimum absolute atomic E-state index is 0.730. The van der Waals surface area contributed by atoms with Crippen LogP contribution < -0.4 is 11.1 Å². The molecule has 1 aromatic rings. The molecule has 0 fully saturated rings. The third-order valence-electron chi connectivity index (χ3n) is 2.66. The molecule has 0 amide bonds. The van der Waals surface area contributed by atoms with Gasteiger partial charge >= 0.3 is 0 Å². The summed E-state index contributed by atoms with van der Waals surface area (Å²) in [4.78, 5) is 4.19. The number of nitrogen functional groups attached to an aromatic ring is 1. The fourth-order valence-corrected chi connectivity index (χ4v) is 1.68. The van der Waals surface area contributed by atoms with Crippen LogP contribution in [0.25, 0.3) is 0 Å². The zero-order valence-corrected chi connectivity index (χ0v) is 10.2. The van der Waals surface area contributed by atoms with Crippen molar-refractivity contribution in [2.45, 2.75) is 45.4 Å². The van der Waals surface area contributed by atoms with E-state index in [9.17, 15) is 0 Å². The van der Waals surface area contributed by atoms with E-state index in [1.54, 1.807) is 6.20 Å². The Morgan fingerprint density at radius 3 is 2.69 bits per heavy atom. The van der Waals surface area contributed by atoms with Crippen LogP contribution in [0.4, 0.5) is 11.5 Å². The number of rotatable bonds is 8. The molecule has 0 unspecified atom stereocenters. The van der Waals surface area contributed by atoms with Crippen LogP contribution in [-0.4, -0.2) is 11.5 Å². The third kappa shape index (κ3) is 5.01. The van der Waals surface area contributed by atoms with E-state index in [0.717, 1.165) is 18.1 Å². The topological polar surface area (TPSA) is 50.9 Å². The normalized spacial score (nSPS) is 10.3. The van der Waals surface area contributed by atoms with Crippen LogP contribution in [0.3, 0.4) is 0 Å². The lowest BCUT2D eigenvalue weighted by Crippen LogP contribution is -2.05. The Labute approximate surface area is 98.5 Å². The maximum atomic E-state index is 5.78. The van der Waals surface area contributed by atoms with Gasteiger partial charge in [-0.3, -0.25) is 0 Å². The fraction of sp³-hybridized carbons (Fsp3) is 0.615. The van der Waals surface area contributed by atoms with E-state index >= 15 is 0 Å². The Morgan fingerprint density at radius 1 is 1.19 bits per heavy atom. The predicted molar refractivity (Wildman–Crippen MR) is 70.5 cm³/mol. The number of hydrogen-bond acceptors (Lipinski definition) is 3. The second-order valence-corrected chi connectivity index (χ2v) is 4.14. The maximum absolute atomic E-state index is 5.78. The van der Waals surface area contributed by atoms with Gasteiger partial charge in [-0.15, -0.1) is 0 Å². The highest BCUT2D eigenvalue weighted by Crippen LogP contribution is 2.13. The van der Waals surface area contributed by atoms with Gasteiger partial charge in [0.15, 0.2) is 0 Å². The van der Waals surface area contributed by atoms with Gasteiger partial charge in [-0.1, -0.05) is 39.0 Å². The molecule has 0 aliphatic heterocycles. The summed E-state index contributed by atoms with van der Waals surface area (Å²) >= 11 is 0. The molecule has 1 rings (SSSR count). The van der Waals surface area contributed by atoms with Gasteiger partial charge in [-0.25, -0.2) is 4.98 Å². The molecule has 3 N–H and O–H groups in total. The van der Waals surface area contributed by atoms with Crippen molar-refractivity contribution in [3.8, 4) is 0 Å². The molecule has 0 spiro atoms. The lowest BCUT2D eigenvalue weighted by molar-refractivity contribution is 0.617. The second-order valence-electron chi connectivity index (χ2n) is 4.14. The van der Waals surface area contributed by atoms with Crippen LogP contribution >= 0.6 is 0 Å². The lowest BCUT2D eigenvalue weighted by Gasteiger charge is -2.07. The molecule has 0 aliphatic carbocycles. The average molecular weight is 221 g/mol. The second kappa shape index (κ2) is 7.97. The summed E-state index contributed by atoms with van der Waals surface area (Å²) in [6.07, 6.45) is 9.62. The predicted octanol–water partition coefficient (Wildman–Crippen LogP) is 3.44. The van der Waals surface area contributed by atoms with Crippen LogP contribution in [0.15, 0.2) is 18.3 Å². The molecule has 0 bridgehead atoms. The Hall–Kier alpha value is -1.25. The van der Waals surface area contributed by atoms with Gasteiger partial charge in [0.2, 0.25) is 0 Å². The van der Waals surface area contributed by atoms with Gasteiger partial charge in [-0.05, 0) is 18.6 Å². The van der Waals surface area contributed by atoms with Crippen molar-refractivity contribution in [3.05, 3.63) is 18.3 Å². The number of aromatic nitrogens is 1. The smallest absolute Gasteiger partial charge is 0.149 e. The molecule has 0 aromatic carbocycles. The van der Waals surface area contributed by atoms with Gasteiger partial charge in [0.05, 0.1) is 5.69 Å². The first kappa shape index (κ1) is 12.8. The first-order valence-corrected chi connectivity index (χ1v) is 6.29. The highest BCUT2D eigenvalue weighted by Gasteiger charge is 1.97. The third-order valence-corrected chi connectivity index (χ3v) is 2.66. The van der Waals surface area contributed by atoms with Gasteiger partial charge in [0.25, 0.3) is 0 Å². The zero-order chi connectivity index (χ0) is 11.6. The molecule has 1 heterocycles. The summed E-state index contributed by atoms with van der Waals surface area (Å²) in [5.41, 5.74) is 6.51. The number of pyridine rings is 1. The molecular formula is C13H23N3. The van der Waals surface area contributed by atoms with Crippen molar-refractivity contribution in [3.63, 3.8) is 0 Å². The van der Waals surface area contributed by atoms with Crippen molar-refractivity contribution < 1.29 is 0 Å². The van der Waals surface area contributed by atoms with Gasteiger partial charge in [-0.2, -0.15) is 0 Å². The molecule has 90 valence electrons. The molecule has 0 atom stereocenters. The van der Waals surface area contributed by atoms with E-state index in [1.165, 1.54) is 38.5 Å². The zero-order valence-electron chi connectivity index (χ0n) is 10.2. The number of nitrogens with one attached hydrogen (secondary N) is 1. The molecule has 16 heavy (non-hydrogen) atoms. The molecule has 3 nitrogen and oxygen atoms in total. The molecule has 0 saturated heterocycles. The van der Waals surface area contributed by atoms with Crippen LogP contribution in [-0.2, 0) is 0 Å². The van der Waals surface area contributed by atoms with Gasteiger partial charge < -0.3 is 11.1 Å². The largest absolute Gasteiger partial charge is 0.396 e. The summed E-state index contributed by atoms with van der Waals surface area (Å²) in [5.74, 6) is 0.816. The van der Waals surface area contributed by atoms with E-state index < -0.39 is 0 Å². The molecule has 0 radical (unpaired) electrons. The van der Waals surface area contributed by atoms with E-state index in [-0.39, 0.29) is 0 Å². The number of hydrogen-bond donors (Lipinski definition) is 2. The maximum Gasteiger partial charge on any atom is 0.149 e. The minimum Gasteiger partial charge on any atom is -0.396 e. The first-order valence-electron chi connectivity index (χ1n) is 6.29. The molecule has 1 aromatic heterocycles. The minimum atomic E-state index is 0.730. The number of unbranched alkanes of at least 4 members (excludes halogenated alkanes) is 5. The molecule has 0 saturated carbocycles. The number of nitrogens with zero attached hydrogens (tertiary/aromatic N) is 1. The molecule has 3 heteroatoms. The summed E-state index contributed by atoms with van der Waals surface area (Å²) in [5, 5.41) is 3.27. The van der Waals surface area contributed by atoms with Crippen LogP contribution in [0.5, 0.6) is 0 Å².